The Balaban J connectivity index is 0.00000264. The Kier molecular flexibility index (Phi) is 9.55. The summed E-state index contributed by atoms with van der Waals surface area (Å²) < 4.78 is 0. The third-order valence-corrected chi connectivity index (χ3v) is 4.47. The predicted molar refractivity (Wildman–Crippen MR) is 110 cm³/mol. The molecular weight excluding hydrogens is 399 g/mol. The number of benzene rings is 1. The third kappa shape index (κ3) is 7.08. The van der Waals surface area contributed by atoms with E-state index in [0.717, 1.165) is 25.0 Å². The molecule has 0 radical (unpaired) electrons. The van der Waals surface area contributed by atoms with Crippen molar-refractivity contribution in [1.82, 2.24) is 15.5 Å². The second-order valence-electron chi connectivity index (χ2n) is 6.30. The minimum absolute atomic E-state index is 0. The maximum Gasteiger partial charge on any atom is 0.191 e. The van der Waals surface area contributed by atoms with Gasteiger partial charge in [0.05, 0.1) is 6.04 Å². The molecule has 1 atom stereocenters. The van der Waals surface area contributed by atoms with Crippen LogP contribution in [0.5, 0.6) is 0 Å². The fourth-order valence-electron chi connectivity index (χ4n) is 2.84. The standard InChI is InChI=1S/C18H30N4.HI/c1-15-9-12-22(13-10-15)14-11-20-18(19-3)21-16(2)17-7-5-4-6-8-17;/h4-8,15-16H,9-14H2,1-3H3,(H2,19,20,21);1H. The van der Waals surface area contributed by atoms with Crippen LogP contribution in [0.25, 0.3) is 0 Å². The van der Waals surface area contributed by atoms with Gasteiger partial charge in [0.1, 0.15) is 0 Å². The first-order valence-electron chi connectivity index (χ1n) is 8.43. The number of hydrogen-bond donors (Lipinski definition) is 2. The van der Waals surface area contributed by atoms with Gasteiger partial charge in [-0.15, -0.1) is 24.0 Å². The quantitative estimate of drug-likeness (QED) is 0.428. The van der Waals surface area contributed by atoms with E-state index in [0.29, 0.717) is 0 Å². The van der Waals surface area contributed by atoms with E-state index < -0.39 is 0 Å². The highest BCUT2D eigenvalue weighted by molar-refractivity contribution is 14.0. The number of halogens is 1. The molecule has 1 aromatic carbocycles. The minimum atomic E-state index is 0. The zero-order chi connectivity index (χ0) is 15.8. The van der Waals surface area contributed by atoms with Crippen molar-refractivity contribution in [3.05, 3.63) is 35.9 Å². The van der Waals surface area contributed by atoms with Gasteiger partial charge >= 0.3 is 0 Å². The Hall–Kier alpha value is -0.820. The summed E-state index contributed by atoms with van der Waals surface area (Å²) in [5.41, 5.74) is 1.27. The number of aliphatic imine (C=N–C) groups is 1. The molecule has 1 heterocycles. The van der Waals surface area contributed by atoms with Gasteiger partial charge in [-0.3, -0.25) is 4.99 Å². The normalized spacial score (nSPS) is 18.1. The molecule has 1 aromatic rings. The zero-order valence-electron chi connectivity index (χ0n) is 14.6. The molecule has 1 unspecified atom stereocenters. The maximum atomic E-state index is 4.32. The highest BCUT2D eigenvalue weighted by Crippen LogP contribution is 2.15. The molecule has 0 amide bonds. The van der Waals surface area contributed by atoms with Crippen LogP contribution in [-0.2, 0) is 0 Å². The van der Waals surface area contributed by atoms with Gasteiger partial charge in [-0.2, -0.15) is 0 Å². The Bertz CT molecular complexity index is 455. The van der Waals surface area contributed by atoms with Crippen molar-refractivity contribution in [3.63, 3.8) is 0 Å². The monoisotopic (exact) mass is 430 g/mol. The van der Waals surface area contributed by atoms with Gasteiger partial charge in [0.25, 0.3) is 0 Å². The second kappa shape index (κ2) is 10.9. The summed E-state index contributed by atoms with van der Waals surface area (Å²) in [5.74, 6) is 1.77. The van der Waals surface area contributed by atoms with Gasteiger partial charge in [0.15, 0.2) is 5.96 Å². The van der Waals surface area contributed by atoms with E-state index in [2.05, 4.69) is 58.6 Å². The minimum Gasteiger partial charge on any atom is -0.355 e. The third-order valence-electron chi connectivity index (χ3n) is 4.47. The van der Waals surface area contributed by atoms with E-state index in [-0.39, 0.29) is 30.0 Å². The average molecular weight is 430 g/mol. The SMILES string of the molecule is CN=C(NCCN1CCC(C)CC1)NC(C)c1ccccc1.I. The largest absolute Gasteiger partial charge is 0.355 e. The van der Waals surface area contributed by atoms with E-state index in [9.17, 15) is 0 Å². The average Bonchev–Trinajstić information content (AvgIpc) is 2.56. The van der Waals surface area contributed by atoms with Crippen molar-refractivity contribution < 1.29 is 0 Å². The maximum absolute atomic E-state index is 4.32. The lowest BCUT2D eigenvalue weighted by molar-refractivity contribution is 0.195. The van der Waals surface area contributed by atoms with Crippen LogP contribution in [0.15, 0.2) is 35.3 Å². The molecule has 1 saturated heterocycles. The van der Waals surface area contributed by atoms with E-state index in [1.165, 1.54) is 31.5 Å². The summed E-state index contributed by atoms with van der Waals surface area (Å²) in [6, 6.07) is 10.7. The van der Waals surface area contributed by atoms with Crippen molar-refractivity contribution in [1.29, 1.82) is 0 Å². The molecule has 130 valence electrons. The van der Waals surface area contributed by atoms with Crippen LogP contribution in [0.4, 0.5) is 0 Å². The van der Waals surface area contributed by atoms with Crippen LogP contribution in [0.3, 0.4) is 0 Å². The number of nitrogens with zero attached hydrogens (tertiary/aromatic N) is 2. The van der Waals surface area contributed by atoms with Crippen molar-refractivity contribution in [2.45, 2.75) is 32.7 Å². The van der Waals surface area contributed by atoms with Gasteiger partial charge in [-0.05, 0) is 44.3 Å². The van der Waals surface area contributed by atoms with E-state index in [1.54, 1.807) is 0 Å². The number of piperidine rings is 1. The Morgan fingerprint density at radius 2 is 1.91 bits per heavy atom. The van der Waals surface area contributed by atoms with Crippen LogP contribution in [0.2, 0.25) is 0 Å². The Morgan fingerprint density at radius 3 is 2.52 bits per heavy atom. The molecule has 1 aliphatic rings. The zero-order valence-corrected chi connectivity index (χ0v) is 16.9. The highest BCUT2D eigenvalue weighted by Gasteiger charge is 2.15. The van der Waals surface area contributed by atoms with Gasteiger partial charge < -0.3 is 15.5 Å². The Labute approximate surface area is 158 Å². The second-order valence-corrected chi connectivity index (χ2v) is 6.30. The lowest BCUT2D eigenvalue weighted by atomic mass is 9.99. The first kappa shape index (κ1) is 20.2. The molecule has 0 bridgehead atoms. The first-order chi connectivity index (χ1) is 10.7. The van der Waals surface area contributed by atoms with Crippen molar-refractivity contribution >= 4 is 29.9 Å². The van der Waals surface area contributed by atoms with Crippen LogP contribution in [0.1, 0.15) is 38.3 Å². The van der Waals surface area contributed by atoms with Crippen molar-refractivity contribution in [2.24, 2.45) is 10.9 Å². The van der Waals surface area contributed by atoms with Crippen LogP contribution in [0, 0.1) is 5.92 Å². The number of hydrogen-bond acceptors (Lipinski definition) is 2. The van der Waals surface area contributed by atoms with Crippen LogP contribution in [-0.4, -0.2) is 44.1 Å². The number of likely N-dealkylation sites (tertiary alicyclic amines) is 1. The van der Waals surface area contributed by atoms with Gasteiger partial charge in [0, 0.05) is 20.1 Å². The van der Waals surface area contributed by atoms with E-state index in [4.69, 9.17) is 0 Å². The molecule has 23 heavy (non-hydrogen) atoms. The summed E-state index contributed by atoms with van der Waals surface area (Å²) in [4.78, 5) is 6.87. The van der Waals surface area contributed by atoms with E-state index >= 15 is 0 Å². The molecular formula is C18H31IN4. The fraction of sp³-hybridized carbons (Fsp3) is 0.611. The summed E-state index contributed by atoms with van der Waals surface area (Å²) >= 11 is 0. The highest BCUT2D eigenvalue weighted by atomic mass is 127. The Morgan fingerprint density at radius 1 is 1.26 bits per heavy atom. The molecule has 5 heteroatoms. The number of nitrogens with one attached hydrogen (secondary N) is 2. The summed E-state index contributed by atoms with van der Waals surface area (Å²) in [7, 11) is 1.83. The summed E-state index contributed by atoms with van der Waals surface area (Å²) in [6.07, 6.45) is 2.66. The number of rotatable bonds is 5. The van der Waals surface area contributed by atoms with Gasteiger partial charge in [0.2, 0.25) is 0 Å². The molecule has 4 nitrogen and oxygen atoms in total. The smallest absolute Gasteiger partial charge is 0.191 e. The topological polar surface area (TPSA) is 39.7 Å². The summed E-state index contributed by atoms with van der Waals surface area (Å²) in [5, 5.41) is 6.87. The van der Waals surface area contributed by atoms with Gasteiger partial charge in [-0.1, -0.05) is 37.3 Å². The molecule has 0 aromatic heterocycles. The van der Waals surface area contributed by atoms with Crippen molar-refractivity contribution in [2.75, 3.05) is 33.2 Å². The molecule has 2 N–H and O–H groups in total. The first-order valence-corrected chi connectivity index (χ1v) is 8.43. The predicted octanol–water partition coefficient (Wildman–Crippen LogP) is 3.26. The van der Waals surface area contributed by atoms with E-state index in [1.807, 2.05) is 13.1 Å². The lowest BCUT2D eigenvalue weighted by Crippen LogP contribution is -2.43. The molecule has 2 rings (SSSR count). The molecule has 0 saturated carbocycles. The fourth-order valence-corrected chi connectivity index (χ4v) is 2.84. The van der Waals surface area contributed by atoms with Crippen molar-refractivity contribution in [3.8, 4) is 0 Å². The molecule has 1 fully saturated rings. The van der Waals surface area contributed by atoms with Crippen LogP contribution >= 0.6 is 24.0 Å². The van der Waals surface area contributed by atoms with Gasteiger partial charge in [-0.25, -0.2) is 0 Å². The summed E-state index contributed by atoms with van der Waals surface area (Å²) in [6.45, 7) is 9.01. The lowest BCUT2D eigenvalue weighted by Gasteiger charge is -2.30. The molecule has 0 spiro atoms. The molecule has 1 aliphatic heterocycles. The number of guanidine groups is 1. The van der Waals surface area contributed by atoms with Crippen LogP contribution < -0.4 is 10.6 Å². The molecule has 0 aliphatic carbocycles.